The van der Waals surface area contributed by atoms with E-state index in [0.29, 0.717) is 13.1 Å². The fraction of sp³-hybridized carbons (Fsp3) is 0.462. The molecule has 18 heavy (non-hydrogen) atoms. The first-order chi connectivity index (χ1) is 8.67. The standard InChI is InChI=1S/C13H18N2O2S/c1-14-12(9-15(7-8-16)13(14)17)10-3-5-11(18-2)6-4-10/h3-6,12,16H,7-9H2,1-2H3. The van der Waals surface area contributed by atoms with Gasteiger partial charge >= 0.3 is 6.03 Å². The second-order valence-corrected chi connectivity index (χ2v) is 5.23. The molecule has 0 aliphatic carbocycles. The number of hydrogen-bond donors (Lipinski definition) is 1. The van der Waals surface area contributed by atoms with Gasteiger partial charge in [-0.25, -0.2) is 4.79 Å². The van der Waals surface area contributed by atoms with Crippen LogP contribution < -0.4 is 0 Å². The number of aliphatic hydroxyl groups excluding tert-OH is 1. The molecule has 1 atom stereocenters. The van der Waals surface area contributed by atoms with Crippen molar-refractivity contribution in [3.63, 3.8) is 0 Å². The summed E-state index contributed by atoms with van der Waals surface area (Å²) in [6, 6.07) is 8.37. The zero-order valence-electron chi connectivity index (χ0n) is 10.7. The second kappa shape index (κ2) is 5.63. The minimum Gasteiger partial charge on any atom is -0.395 e. The van der Waals surface area contributed by atoms with E-state index in [-0.39, 0.29) is 18.7 Å². The van der Waals surface area contributed by atoms with Crippen LogP contribution in [0.4, 0.5) is 4.79 Å². The third kappa shape index (κ3) is 2.47. The first-order valence-electron chi connectivity index (χ1n) is 5.94. The van der Waals surface area contributed by atoms with E-state index in [1.807, 2.05) is 13.3 Å². The molecule has 98 valence electrons. The summed E-state index contributed by atoms with van der Waals surface area (Å²) in [5.41, 5.74) is 1.14. The Hall–Kier alpha value is -1.20. The SMILES string of the molecule is CSc1ccc(C2CN(CCO)C(=O)N2C)cc1. The van der Waals surface area contributed by atoms with Gasteiger partial charge in [-0.15, -0.1) is 11.8 Å². The van der Waals surface area contributed by atoms with Crippen molar-refractivity contribution >= 4 is 17.8 Å². The van der Waals surface area contributed by atoms with Crippen molar-refractivity contribution in [3.8, 4) is 0 Å². The summed E-state index contributed by atoms with van der Waals surface area (Å²) in [4.78, 5) is 16.6. The van der Waals surface area contributed by atoms with Gasteiger partial charge in [0.2, 0.25) is 0 Å². The van der Waals surface area contributed by atoms with Gasteiger partial charge in [-0.1, -0.05) is 12.1 Å². The van der Waals surface area contributed by atoms with Crippen LogP contribution in [0.2, 0.25) is 0 Å². The van der Waals surface area contributed by atoms with Crippen LogP contribution in [0.3, 0.4) is 0 Å². The normalized spacial score (nSPS) is 19.7. The number of β-amino-alcohol motifs (C(OH)–C–C–N with tert-alkyl or cyclic N) is 1. The molecule has 0 spiro atoms. The monoisotopic (exact) mass is 266 g/mol. The molecule has 1 unspecified atom stereocenters. The van der Waals surface area contributed by atoms with Crippen LogP contribution in [0.1, 0.15) is 11.6 Å². The average Bonchev–Trinajstić information content (AvgIpc) is 2.68. The number of hydrogen-bond acceptors (Lipinski definition) is 3. The predicted molar refractivity (Wildman–Crippen MR) is 72.8 cm³/mol. The van der Waals surface area contributed by atoms with Crippen LogP contribution in [-0.2, 0) is 0 Å². The summed E-state index contributed by atoms with van der Waals surface area (Å²) in [5, 5.41) is 8.94. The molecule has 1 N–H and O–H groups in total. The Labute approximate surface area is 112 Å². The molecule has 1 fully saturated rings. The zero-order valence-corrected chi connectivity index (χ0v) is 11.5. The lowest BCUT2D eigenvalue weighted by Crippen LogP contribution is -2.31. The van der Waals surface area contributed by atoms with Crippen LogP contribution >= 0.6 is 11.8 Å². The molecule has 2 amide bonds. The van der Waals surface area contributed by atoms with Crippen LogP contribution in [0.5, 0.6) is 0 Å². The molecular weight excluding hydrogens is 248 g/mol. The lowest BCUT2D eigenvalue weighted by Gasteiger charge is -2.18. The first-order valence-corrected chi connectivity index (χ1v) is 7.16. The summed E-state index contributed by atoms with van der Waals surface area (Å²) < 4.78 is 0. The van der Waals surface area contributed by atoms with Crippen molar-refractivity contribution in [1.29, 1.82) is 0 Å². The molecule has 5 heteroatoms. The largest absolute Gasteiger partial charge is 0.395 e. The molecule has 0 bridgehead atoms. The van der Waals surface area contributed by atoms with E-state index in [4.69, 9.17) is 5.11 Å². The van der Waals surface area contributed by atoms with Crippen molar-refractivity contribution in [2.45, 2.75) is 10.9 Å². The van der Waals surface area contributed by atoms with E-state index < -0.39 is 0 Å². The summed E-state index contributed by atoms with van der Waals surface area (Å²) >= 11 is 1.71. The number of thioether (sulfide) groups is 1. The molecule has 2 rings (SSSR count). The number of aliphatic hydroxyl groups is 1. The van der Waals surface area contributed by atoms with Gasteiger partial charge in [0.05, 0.1) is 12.6 Å². The van der Waals surface area contributed by atoms with Gasteiger partial charge in [-0.2, -0.15) is 0 Å². The molecule has 4 nitrogen and oxygen atoms in total. The molecule has 1 saturated heterocycles. The Morgan fingerprint density at radius 3 is 2.61 bits per heavy atom. The maximum atomic E-state index is 11.9. The van der Waals surface area contributed by atoms with Gasteiger partial charge in [0, 0.05) is 25.0 Å². The van der Waals surface area contributed by atoms with Gasteiger partial charge in [0.1, 0.15) is 0 Å². The lowest BCUT2D eigenvalue weighted by molar-refractivity contribution is 0.182. The van der Waals surface area contributed by atoms with Crippen LogP contribution in [-0.4, -0.2) is 53.9 Å². The molecule has 0 saturated carbocycles. The van der Waals surface area contributed by atoms with Crippen LogP contribution in [0.25, 0.3) is 0 Å². The Morgan fingerprint density at radius 2 is 2.06 bits per heavy atom. The van der Waals surface area contributed by atoms with Gasteiger partial charge < -0.3 is 14.9 Å². The summed E-state index contributed by atoms with van der Waals surface area (Å²) in [6.45, 7) is 1.06. The Kier molecular flexibility index (Phi) is 4.14. The molecule has 0 radical (unpaired) electrons. The summed E-state index contributed by atoms with van der Waals surface area (Å²) in [6.07, 6.45) is 2.04. The number of carbonyl (C=O) groups excluding carboxylic acids is 1. The van der Waals surface area contributed by atoms with Gasteiger partial charge in [-0.3, -0.25) is 0 Å². The molecule has 1 heterocycles. The molecule has 1 aromatic carbocycles. The summed E-state index contributed by atoms with van der Waals surface area (Å²) in [7, 11) is 1.81. The summed E-state index contributed by atoms with van der Waals surface area (Å²) in [5.74, 6) is 0. The predicted octanol–water partition coefficient (Wildman–Crippen LogP) is 1.81. The van der Waals surface area contributed by atoms with E-state index >= 15 is 0 Å². The average molecular weight is 266 g/mol. The number of likely N-dealkylation sites (N-methyl/N-ethyl adjacent to an activating group) is 1. The van der Waals surface area contributed by atoms with Crippen molar-refractivity contribution < 1.29 is 9.90 Å². The molecule has 1 aliphatic rings. The van der Waals surface area contributed by atoms with Gasteiger partial charge in [-0.05, 0) is 24.0 Å². The number of urea groups is 1. The first kappa shape index (κ1) is 13.2. The lowest BCUT2D eigenvalue weighted by atomic mass is 10.1. The molecule has 1 aromatic rings. The number of amides is 2. The highest BCUT2D eigenvalue weighted by molar-refractivity contribution is 7.98. The quantitative estimate of drug-likeness (QED) is 0.845. The highest BCUT2D eigenvalue weighted by Crippen LogP contribution is 2.29. The van der Waals surface area contributed by atoms with Crippen LogP contribution in [0, 0.1) is 0 Å². The molecular formula is C13H18N2O2S. The highest BCUT2D eigenvalue weighted by Gasteiger charge is 2.34. The van der Waals surface area contributed by atoms with E-state index in [1.54, 1.807) is 21.6 Å². The maximum Gasteiger partial charge on any atom is 0.320 e. The van der Waals surface area contributed by atoms with Gasteiger partial charge in [0.25, 0.3) is 0 Å². The van der Waals surface area contributed by atoms with E-state index in [1.165, 1.54) is 4.90 Å². The Morgan fingerprint density at radius 1 is 1.39 bits per heavy atom. The third-order valence-electron chi connectivity index (χ3n) is 3.30. The highest BCUT2D eigenvalue weighted by atomic mass is 32.2. The Balaban J connectivity index is 2.15. The second-order valence-electron chi connectivity index (χ2n) is 4.35. The maximum absolute atomic E-state index is 11.9. The van der Waals surface area contributed by atoms with E-state index in [2.05, 4.69) is 24.3 Å². The number of nitrogens with zero attached hydrogens (tertiary/aromatic N) is 2. The number of carbonyl (C=O) groups is 1. The van der Waals surface area contributed by atoms with Crippen molar-refractivity contribution in [1.82, 2.24) is 9.80 Å². The van der Waals surface area contributed by atoms with Crippen molar-refractivity contribution in [3.05, 3.63) is 29.8 Å². The zero-order chi connectivity index (χ0) is 13.1. The van der Waals surface area contributed by atoms with Gasteiger partial charge in [0.15, 0.2) is 0 Å². The van der Waals surface area contributed by atoms with E-state index in [9.17, 15) is 4.79 Å². The van der Waals surface area contributed by atoms with E-state index in [0.717, 1.165) is 5.56 Å². The fourth-order valence-electron chi connectivity index (χ4n) is 2.23. The van der Waals surface area contributed by atoms with Crippen molar-refractivity contribution in [2.24, 2.45) is 0 Å². The number of rotatable bonds is 4. The Bertz CT molecular complexity index is 422. The van der Waals surface area contributed by atoms with Crippen LogP contribution in [0.15, 0.2) is 29.2 Å². The van der Waals surface area contributed by atoms with Crippen molar-refractivity contribution in [2.75, 3.05) is 33.0 Å². The topological polar surface area (TPSA) is 43.8 Å². The minimum absolute atomic E-state index is 0.0111. The fourth-order valence-corrected chi connectivity index (χ4v) is 2.64. The molecule has 0 aromatic heterocycles. The smallest absolute Gasteiger partial charge is 0.320 e. The molecule has 1 aliphatic heterocycles. The number of benzene rings is 1. The minimum atomic E-state index is -0.0111. The third-order valence-corrected chi connectivity index (χ3v) is 4.05.